The zero-order chi connectivity index (χ0) is 21.8. The molecule has 1 N–H and O–H groups in total. The lowest BCUT2D eigenvalue weighted by Crippen LogP contribution is -2.34. The van der Waals surface area contributed by atoms with Gasteiger partial charge in [-0.2, -0.15) is 0 Å². The Bertz CT molecular complexity index is 866. The zero-order valence-electron chi connectivity index (χ0n) is 18.6. The third-order valence-corrected chi connectivity index (χ3v) is 5.51. The van der Waals surface area contributed by atoms with E-state index in [4.69, 9.17) is 9.47 Å². The van der Waals surface area contributed by atoms with E-state index < -0.39 is 11.9 Å². The number of hydrogen-bond donors (Lipinski definition) is 1. The SMILES string of the molecule is CC1=C(C(=O)OCCOC(C)C)[C@@H](c2ccc(N(C)C)cc2)C2=C(CCCC2=O)N1. The Morgan fingerprint density at radius 2 is 1.87 bits per heavy atom. The number of dihydropyridines is 1. The summed E-state index contributed by atoms with van der Waals surface area (Å²) in [6, 6.07) is 8.03. The van der Waals surface area contributed by atoms with E-state index in [-0.39, 0.29) is 18.5 Å². The summed E-state index contributed by atoms with van der Waals surface area (Å²) in [7, 11) is 3.97. The van der Waals surface area contributed by atoms with Crippen molar-refractivity contribution in [3.05, 3.63) is 52.4 Å². The van der Waals surface area contributed by atoms with Gasteiger partial charge in [-0.05, 0) is 51.3 Å². The maximum absolute atomic E-state index is 13.1. The minimum Gasteiger partial charge on any atom is -0.460 e. The Kier molecular flexibility index (Phi) is 6.98. The fourth-order valence-corrected chi connectivity index (χ4v) is 4.05. The molecule has 0 radical (unpaired) electrons. The van der Waals surface area contributed by atoms with Gasteiger partial charge in [-0.1, -0.05) is 12.1 Å². The Morgan fingerprint density at radius 3 is 2.50 bits per heavy atom. The van der Waals surface area contributed by atoms with Gasteiger partial charge in [0.15, 0.2) is 5.78 Å². The van der Waals surface area contributed by atoms with Crippen LogP contribution in [0.15, 0.2) is 46.8 Å². The molecule has 1 aromatic rings. The van der Waals surface area contributed by atoms with Crippen LogP contribution >= 0.6 is 0 Å². The molecule has 0 unspecified atom stereocenters. The molecular weight excluding hydrogens is 380 g/mol. The number of nitrogens with one attached hydrogen (secondary N) is 1. The highest BCUT2D eigenvalue weighted by molar-refractivity contribution is 6.03. The third-order valence-electron chi connectivity index (χ3n) is 5.51. The average molecular weight is 413 g/mol. The summed E-state index contributed by atoms with van der Waals surface area (Å²) >= 11 is 0. The molecule has 6 heteroatoms. The van der Waals surface area contributed by atoms with Gasteiger partial charge in [0.1, 0.15) is 6.61 Å². The van der Waals surface area contributed by atoms with Gasteiger partial charge in [-0.15, -0.1) is 0 Å². The van der Waals surface area contributed by atoms with Gasteiger partial charge < -0.3 is 19.7 Å². The van der Waals surface area contributed by atoms with E-state index in [0.29, 0.717) is 24.2 Å². The maximum Gasteiger partial charge on any atom is 0.336 e. The first kappa shape index (κ1) is 22.1. The molecule has 0 amide bonds. The van der Waals surface area contributed by atoms with Crippen molar-refractivity contribution in [2.75, 3.05) is 32.2 Å². The van der Waals surface area contributed by atoms with E-state index in [9.17, 15) is 9.59 Å². The quantitative estimate of drug-likeness (QED) is 0.544. The van der Waals surface area contributed by atoms with Crippen molar-refractivity contribution in [1.29, 1.82) is 0 Å². The first-order chi connectivity index (χ1) is 14.3. The maximum atomic E-state index is 13.1. The molecule has 0 saturated heterocycles. The summed E-state index contributed by atoms with van der Waals surface area (Å²) in [5.41, 5.74) is 4.88. The lowest BCUT2D eigenvalue weighted by molar-refractivity contribution is -0.141. The van der Waals surface area contributed by atoms with Crippen LogP contribution in [0.1, 0.15) is 51.5 Å². The van der Waals surface area contributed by atoms with Crippen LogP contribution in [-0.4, -0.2) is 45.2 Å². The van der Waals surface area contributed by atoms with Gasteiger partial charge in [-0.25, -0.2) is 4.79 Å². The first-order valence-electron chi connectivity index (χ1n) is 10.6. The number of anilines is 1. The molecular formula is C24H32N2O4. The van der Waals surface area contributed by atoms with Crippen LogP contribution in [0.25, 0.3) is 0 Å². The number of rotatable bonds is 7. The summed E-state index contributed by atoms with van der Waals surface area (Å²) in [6.07, 6.45) is 2.24. The molecule has 3 rings (SSSR count). The fraction of sp³-hybridized carbons (Fsp3) is 0.500. The third kappa shape index (κ3) is 4.75. The summed E-state index contributed by atoms with van der Waals surface area (Å²) in [6.45, 7) is 6.29. The Morgan fingerprint density at radius 1 is 1.17 bits per heavy atom. The predicted molar refractivity (Wildman–Crippen MR) is 117 cm³/mol. The van der Waals surface area contributed by atoms with Crippen molar-refractivity contribution in [3.8, 4) is 0 Å². The van der Waals surface area contributed by atoms with Gasteiger partial charge in [-0.3, -0.25) is 4.79 Å². The van der Waals surface area contributed by atoms with Crippen LogP contribution in [0.4, 0.5) is 5.69 Å². The van der Waals surface area contributed by atoms with Crippen molar-refractivity contribution in [2.45, 2.75) is 52.1 Å². The van der Waals surface area contributed by atoms with Crippen molar-refractivity contribution in [3.63, 3.8) is 0 Å². The molecule has 0 aromatic heterocycles. The molecule has 0 bridgehead atoms. The molecule has 1 aliphatic heterocycles. The smallest absolute Gasteiger partial charge is 0.336 e. The second kappa shape index (κ2) is 9.47. The van der Waals surface area contributed by atoms with Gasteiger partial charge in [0, 0.05) is 49.1 Å². The second-order valence-electron chi connectivity index (χ2n) is 8.31. The largest absolute Gasteiger partial charge is 0.460 e. The topological polar surface area (TPSA) is 67.9 Å². The van der Waals surface area contributed by atoms with E-state index >= 15 is 0 Å². The number of esters is 1. The van der Waals surface area contributed by atoms with Crippen molar-refractivity contribution in [1.82, 2.24) is 5.32 Å². The number of hydrogen-bond acceptors (Lipinski definition) is 6. The number of allylic oxidation sites excluding steroid dienone is 3. The summed E-state index contributed by atoms with van der Waals surface area (Å²) in [4.78, 5) is 28.0. The Balaban J connectivity index is 1.94. The van der Waals surface area contributed by atoms with E-state index in [1.54, 1.807) is 0 Å². The molecule has 0 saturated carbocycles. The first-order valence-corrected chi connectivity index (χ1v) is 10.6. The predicted octanol–water partition coefficient (Wildman–Crippen LogP) is 3.69. The average Bonchev–Trinajstić information content (AvgIpc) is 2.70. The highest BCUT2D eigenvalue weighted by atomic mass is 16.6. The zero-order valence-corrected chi connectivity index (χ0v) is 18.6. The minimum absolute atomic E-state index is 0.0801. The molecule has 1 heterocycles. The van der Waals surface area contributed by atoms with Crippen LogP contribution < -0.4 is 10.2 Å². The van der Waals surface area contributed by atoms with Crippen LogP contribution in [0, 0.1) is 0 Å². The number of nitrogens with zero attached hydrogens (tertiary/aromatic N) is 1. The number of ether oxygens (including phenoxy) is 2. The van der Waals surface area contributed by atoms with Crippen LogP contribution in [0.5, 0.6) is 0 Å². The number of benzene rings is 1. The monoisotopic (exact) mass is 412 g/mol. The standard InChI is InChI=1S/C24H32N2O4/c1-15(2)29-13-14-30-24(28)21-16(3)25-19-7-6-8-20(27)23(19)22(21)17-9-11-18(12-10-17)26(4)5/h9-12,15,22,25H,6-8,13-14H2,1-5H3/t22-/m1/s1. The normalized spacial score (nSPS) is 19.0. The molecule has 30 heavy (non-hydrogen) atoms. The molecule has 2 aliphatic rings. The summed E-state index contributed by atoms with van der Waals surface area (Å²) in [5.74, 6) is -0.714. The van der Waals surface area contributed by atoms with Crippen molar-refractivity contribution >= 4 is 17.4 Å². The molecule has 1 aromatic carbocycles. The van der Waals surface area contributed by atoms with E-state index in [1.807, 2.05) is 64.0 Å². The molecule has 1 atom stereocenters. The van der Waals surface area contributed by atoms with E-state index in [2.05, 4.69) is 5.32 Å². The Labute approximate surface area is 178 Å². The highest BCUT2D eigenvalue weighted by Gasteiger charge is 2.39. The fourth-order valence-electron chi connectivity index (χ4n) is 4.05. The molecule has 0 fully saturated rings. The second-order valence-corrected chi connectivity index (χ2v) is 8.31. The molecule has 6 nitrogen and oxygen atoms in total. The van der Waals surface area contributed by atoms with Gasteiger partial charge >= 0.3 is 5.97 Å². The van der Waals surface area contributed by atoms with Crippen molar-refractivity contribution in [2.24, 2.45) is 0 Å². The lowest BCUT2D eigenvalue weighted by Gasteiger charge is -2.34. The summed E-state index contributed by atoms with van der Waals surface area (Å²) < 4.78 is 11.0. The number of carbonyl (C=O) groups excluding carboxylic acids is 2. The van der Waals surface area contributed by atoms with E-state index in [1.165, 1.54) is 0 Å². The van der Waals surface area contributed by atoms with Crippen LogP contribution in [0.3, 0.4) is 0 Å². The Hall–Kier alpha value is -2.60. The number of Topliss-reactive ketones (excluding diaryl/α,β-unsaturated/α-hetero) is 1. The number of ketones is 1. The molecule has 0 spiro atoms. The lowest BCUT2D eigenvalue weighted by atomic mass is 9.75. The summed E-state index contributed by atoms with van der Waals surface area (Å²) in [5, 5.41) is 3.32. The van der Waals surface area contributed by atoms with Crippen LogP contribution in [-0.2, 0) is 19.1 Å². The van der Waals surface area contributed by atoms with Gasteiger partial charge in [0.25, 0.3) is 0 Å². The van der Waals surface area contributed by atoms with Crippen molar-refractivity contribution < 1.29 is 19.1 Å². The minimum atomic E-state index is -0.413. The van der Waals surface area contributed by atoms with Gasteiger partial charge in [0.05, 0.1) is 18.3 Å². The highest BCUT2D eigenvalue weighted by Crippen LogP contribution is 2.42. The van der Waals surface area contributed by atoms with E-state index in [0.717, 1.165) is 35.5 Å². The number of carbonyl (C=O) groups is 2. The van der Waals surface area contributed by atoms with Gasteiger partial charge in [0.2, 0.25) is 0 Å². The van der Waals surface area contributed by atoms with Crippen LogP contribution in [0.2, 0.25) is 0 Å². The molecule has 1 aliphatic carbocycles. The molecule has 162 valence electrons.